The average molecular weight is 328 g/mol. The molecule has 23 heavy (non-hydrogen) atoms. The number of para-hydroxylation sites is 1. The van der Waals surface area contributed by atoms with Gasteiger partial charge in [-0.15, -0.1) is 0 Å². The molecule has 0 unspecified atom stereocenters. The summed E-state index contributed by atoms with van der Waals surface area (Å²) in [6.07, 6.45) is -3.43. The fourth-order valence-corrected chi connectivity index (χ4v) is 3.19. The molecule has 2 aliphatic rings. The Labute approximate surface area is 130 Å². The summed E-state index contributed by atoms with van der Waals surface area (Å²) < 4.78 is 40.7. The molecule has 0 spiro atoms. The molecule has 1 aromatic rings. The topological polar surface area (TPSA) is 73.1 Å². The van der Waals surface area contributed by atoms with Crippen LogP contribution in [0.15, 0.2) is 29.4 Å². The van der Waals surface area contributed by atoms with Crippen molar-refractivity contribution in [2.45, 2.75) is 37.6 Å². The van der Waals surface area contributed by atoms with E-state index in [0.717, 1.165) is 0 Å². The maximum absolute atomic E-state index is 13.6. The summed E-state index contributed by atoms with van der Waals surface area (Å²) in [6, 6.07) is 5.24. The molecule has 1 aromatic carbocycles. The van der Waals surface area contributed by atoms with Crippen LogP contribution in [0.4, 0.5) is 13.2 Å². The van der Waals surface area contributed by atoms with E-state index in [9.17, 15) is 28.2 Å². The van der Waals surface area contributed by atoms with Crippen LogP contribution in [0.3, 0.4) is 0 Å². The minimum Gasteiger partial charge on any atom is -0.507 e. The van der Waals surface area contributed by atoms with Gasteiger partial charge in [-0.2, -0.15) is 23.3 Å². The molecule has 0 radical (unpaired) electrons. The normalized spacial score (nSPS) is 27.6. The van der Waals surface area contributed by atoms with Crippen LogP contribution >= 0.6 is 0 Å². The van der Waals surface area contributed by atoms with Gasteiger partial charge in [0.1, 0.15) is 5.75 Å². The minimum atomic E-state index is -5.06. The van der Waals surface area contributed by atoms with Gasteiger partial charge in [0.05, 0.1) is 11.5 Å². The van der Waals surface area contributed by atoms with Crippen LogP contribution in [0.25, 0.3) is 0 Å². The van der Waals surface area contributed by atoms with E-state index < -0.39 is 29.5 Å². The van der Waals surface area contributed by atoms with Crippen molar-refractivity contribution >= 4 is 11.6 Å². The van der Waals surface area contributed by atoms with Gasteiger partial charge in [-0.3, -0.25) is 4.79 Å². The molecule has 0 saturated heterocycles. The third kappa shape index (κ3) is 2.28. The summed E-state index contributed by atoms with van der Waals surface area (Å²) in [5.41, 5.74) is -3.53. The molecular weight excluding hydrogens is 313 g/mol. The van der Waals surface area contributed by atoms with Crippen LogP contribution in [0.2, 0.25) is 0 Å². The zero-order valence-electron chi connectivity index (χ0n) is 12.0. The van der Waals surface area contributed by atoms with E-state index in [4.69, 9.17) is 0 Å². The van der Waals surface area contributed by atoms with Crippen molar-refractivity contribution in [3.8, 4) is 5.75 Å². The van der Waals surface area contributed by atoms with Crippen molar-refractivity contribution in [2.24, 2.45) is 11.0 Å². The second-order valence-electron chi connectivity index (χ2n) is 5.75. The number of phenols is 1. The predicted octanol–water partition coefficient (Wildman–Crippen LogP) is 2.65. The summed E-state index contributed by atoms with van der Waals surface area (Å²) in [5.74, 6) is -2.90. The number of amides is 1. The first-order valence-corrected chi connectivity index (χ1v) is 7.26. The van der Waals surface area contributed by atoms with Crippen molar-refractivity contribution < 1.29 is 28.2 Å². The summed E-state index contributed by atoms with van der Waals surface area (Å²) in [5, 5.41) is 24.0. The van der Waals surface area contributed by atoms with Crippen molar-refractivity contribution in [3.63, 3.8) is 0 Å². The lowest BCUT2D eigenvalue weighted by atomic mass is 9.80. The fraction of sp³-hybridized carbons (Fsp3) is 0.467. The van der Waals surface area contributed by atoms with E-state index in [2.05, 4.69) is 5.10 Å². The van der Waals surface area contributed by atoms with Crippen molar-refractivity contribution in [2.75, 3.05) is 0 Å². The number of halogens is 3. The molecule has 0 aromatic heterocycles. The third-order valence-corrected chi connectivity index (χ3v) is 4.36. The molecule has 1 aliphatic heterocycles. The zero-order valence-corrected chi connectivity index (χ0v) is 12.0. The molecule has 0 bridgehead atoms. The predicted molar refractivity (Wildman–Crippen MR) is 74.7 cm³/mol. The molecule has 2 atom stereocenters. The summed E-state index contributed by atoms with van der Waals surface area (Å²) in [7, 11) is 0. The van der Waals surface area contributed by atoms with Gasteiger partial charge >= 0.3 is 6.18 Å². The lowest BCUT2D eigenvalue weighted by Gasteiger charge is -2.38. The largest absolute Gasteiger partial charge is 0.507 e. The first-order valence-electron chi connectivity index (χ1n) is 7.26. The monoisotopic (exact) mass is 328 g/mol. The van der Waals surface area contributed by atoms with Gasteiger partial charge in [0, 0.05) is 5.71 Å². The molecule has 124 valence electrons. The Balaban J connectivity index is 2.07. The first-order chi connectivity index (χ1) is 10.8. The van der Waals surface area contributed by atoms with Crippen molar-refractivity contribution in [1.82, 2.24) is 5.01 Å². The number of hydrazone groups is 1. The van der Waals surface area contributed by atoms with Crippen LogP contribution in [0.5, 0.6) is 5.75 Å². The van der Waals surface area contributed by atoms with E-state index in [1.165, 1.54) is 24.3 Å². The number of benzene rings is 1. The van der Waals surface area contributed by atoms with E-state index >= 15 is 0 Å². The fourth-order valence-electron chi connectivity index (χ4n) is 3.19. The van der Waals surface area contributed by atoms with Gasteiger partial charge in [-0.1, -0.05) is 18.6 Å². The number of fused-ring (bicyclic) bond motifs is 1. The van der Waals surface area contributed by atoms with Gasteiger partial charge in [0.25, 0.3) is 11.6 Å². The Morgan fingerprint density at radius 2 is 2.00 bits per heavy atom. The SMILES string of the molecule is O=C(c1ccccc1O)N1N=C2CCCC[C@@H]2[C@@]1(O)C(F)(F)F. The summed E-state index contributed by atoms with van der Waals surface area (Å²) >= 11 is 0. The number of aliphatic hydroxyl groups is 1. The van der Waals surface area contributed by atoms with Crippen molar-refractivity contribution in [3.05, 3.63) is 29.8 Å². The summed E-state index contributed by atoms with van der Waals surface area (Å²) in [6.45, 7) is 0. The van der Waals surface area contributed by atoms with Gasteiger partial charge in [-0.05, 0) is 31.4 Å². The molecule has 1 fully saturated rings. The quantitative estimate of drug-likeness (QED) is 0.832. The van der Waals surface area contributed by atoms with Crippen LogP contribution < -0.4 is 0 Å². The molecule has 3 rings (SSSR count). The second kappa shape index (κ2) is 5.23. The van der Waals surface area contributed by atoms with Crippen LogP contribution in [-0.2, 0) is 0 Å². The molecule has 1 heterocycles. The Bertz CT molecular complexity index is 674. The third-order valence-electron chi connectivity index (χ3n) is 4.36. The van der Waals surface area contributed by atoms with Gasteiger partial charge in [0.2, 0.25) is 0 Å². The molecule has 5 nitrogen and oxygen atoms in total. The highest BCUT2D eigenvalue weighted by Crippen LogP contribution is 2.48. The maximum Gasteiger partial charge on any atom is 0.439 e. The maximum atomic E-state index is 13.6. The van der Waals surface area contributed by atoms with E-state index in [1.54, 1.807) is 0 Å². The highest BCUT2D eigenvalue weighted by atomic mass is 19.4. The smallest absolute Gasteiger partial charge is 0.439 e. The second-order valence-corrected chi connectivity index (χ2v) is 5.75. The van der Waals surface area contributed by atoms with Gasteiger partial charge in [0.15, 0.2) is 0 Å². The highest BCUT2D eigenvalue weighted by Gasteiger charge is 2.68. The number of carbonyl (C=O) groups excluding carboxylic acids is 1. The standard InChI is InChI=1S/C15H15F3N2O3/c16-15(17,18)14(23)10-6-2-3-7-11(10)19-20(14)13(22)9-5-1-4-8-12(9)21/h1,4-5,8,10,21,23H,2-3,6-7H2/t10-,14+/m0/s1. The Hall–Kier alpha value is -2.09. The number of phenolic OH excluding ortho intramolecular Hbond substituents is 1. The van der Waals surface area contributed by atoms with Gasteiger partial charge < -0.3 is 10.2 Å². The molecule has 1 aliphatic carbocycles. The van der Waals surface area contributed by atoms with E-state index in [0.29, 0.717) is 19.3 Å². The number of nitrogens with zero attached hydrogens (tertiary/aromatic N) is 2. The molecule has 2 N–H and O–H groups in total. The number of hydrogen-bond donors (Lipinski definition) is 2. The van der Waals surface area contributed by atoms with Crippen LogP contribution in [0.1, 0.15) is 36.0 Å². The number of rotatable bonds is 1. The molecule has 8 heteroatoms. The average Bonchev–Trinajstić information content (AvgIpc) is 2.82. The Kier molecular flexibility index (Phi) is 3.59. The molecule has 1 amide bonds. The number of hydrogen-bond acceptors (Lipinski definition) is 4. The van der Waals surface area contributed by atoms with Crippen LogP contribution in [-0.4, -0.2) is 38.7 Å². The van der Waals surface area contributed by atoms with Gasteiger partial charge in [-0.25, -0.2) is 0 Å². The number of alkyl halides is 3. The lowest BCUT2D eigenvalue weighted by molar-refractivity contribution is -0.312. The van der Waals surface area contributed by atoms with E-state index in [-0.39, 0.29) is 22.7 Å². The highest BCUT2D eigenvalue weighted by molar-refractivity contribution is 6.01. The van der Waals surface area contributed by atoms with Crippen LogP contribution in [0, 0.1) is 5.92 Å². The van der Waals surface area contributed by atoms with Crippen molar-refractivity contribution in [1.29, 1.82) is 0 Å². The minimum absolute atomic E-state index is 0.0906. The Morgan fingerprint density at radius 3 is 2.65 bits per heavy atom. The lowest BCUT2D eigenvalue weighted by Crippen LogP contribution is -2.61. The molecule has 1 saturated carbocycles. The molecular formula is C15H15F3N2O3. The van der Waals surface area contributed by atoms with E-state index in [1.807, 2.05) is 0 Å². The summed E-state index contributed by atoms with van der Waals surface area (Å²) in [4.78, 5) is 12.5. The number of aromatic hydroxyl groups is 1. The first kappa shape index (κ1) is 15.8. The zero-order chi connectivity index (χ0) is 16.8. The number of carbonyl (C=O) groups is 1. The Morgan fingerprint density at radius 1 is 1.30 bits per heavy atom.